The maximum absolute atomic E-state index is 12.4. The number of benzene rings is 1. The predicted octanol–water partition coefficient (Wildman–Crippen LogP) is 2.14. The van der Waals surface area contributed by atoms with Crippen molar-refractivity contribution in [2.75, 3.05) is 5.75 Å². The Hall–Kier alpha value is -2.27. The minimum Gasteiger partial charge on any atom is -0.289 e. The van der Waals surface area contributed by atoms with Crippen LogP contribution < -0.4 is 0 Å². The number of hydrogen-bond donors (Lipinski definition) is 0. The van der Waals surface area contributed by atoms with Crippen LogP contribution in [0.25, 0.3) is 6.08 Å². The molecule has 0 amide bonds. The summed E-state index contributed by atoms with van der Waals surface area (Å²) in [5.74, 6) is -0.503. The Bertz CT molecular complexity index is 808. The third-order valence-electron chi connectivity index (χ3n) is 3.13. The molecule has 4 nitrogen and oxygen atoms in total. The molecule has 3 rings (SSSR count). The van der Waals surface area contributed by atoms with Crippen molar-refractivity contribution in [3.63, 3.8) is 0 Å². The highest BCUT2D eigenvalue weighted by molar-refractivity contribution is 7.91. The van der Waals surface area contributed by atoms with E-state index in [-0.39, 0.29) is 27.6 Å². The first-order chi connectivity index (χ1) is 9.58. The number of carbonyl (C=O) groups excluding carboxylic acids is 1. The summed E-state index contributed by atoms with van der Waals surface area (Å²) >= 11 is 0. The van der Waals surface area contributed by atoms with E-state index in [1.165, 1.54) is 6.07 Å². The fourth-order valence-corrected chi connectivity index (χ4v) is 3.78. The number of nitrogens with zero attached hydrogens (tertiary/aromatic N) is 1. The van der Waals surface area contributed by atoms with Crippen LogP contribution in [0.3, 0.4) is 0 Å². The Balaban J connectivity index is 2.15. The molecule has 2 heterocycles. The van der Waals surface area contributed by atoms with Gasteiger partial charge in [0.25, 0.3) is 0 Å². The van der Waals surface area contributed by atoms with Gasteiger partial charge >= 0.3 is 0 Å². The van der Waals surface area contributed by atoms with Gasteiger partial charge in [-0.15, -0.1) is 0 Å². The highest BCUT2D eigenvalue weighted by Crippen LogP contribution is 2.28. The van der Waals surface area contributed by atoms with Gasteiger partial charge in [-0.1, -0.05) is 18.2 Å². The van der Waals surface area contributed by atoms with Crippen molar-refractivity contribution >= 4 is 21.7 Å². The monoisotopic (exact) mass is 285 g/mol. The largest absolute Gasteiger partial charge is 0.289 e. The Morgan fingerprint density at radius 1 is 1.10 bits per heavy atom. The maximum atomic E-state index is 12.4. The van der Waals surface area contributed by atoms with Crippen molar-refractivity contribution in [3.05, 3.63) is 65.5 Å². The van der Waals surface area contributed by atoms with Crippen molar-refractivity contribution in [2.45, 2.75) is 4.90 Å². The van der Waals surface area contributed by atoms with E-state index < -0.39 is 9.84 Å². The second-order valence-electron chi connectivity index (χ2n) is 4.54. The molecule has 0 aliphatic carbocycles. The van der Waals surface area contributed by atoms with Gasteiger partial charge in [0.15, 0.2) is 15.6 Å². The summed E-state index contributed by atoms with van der Waals surface area (Å²) < 4.78 is 24.4. The number of sulfone groups is 1. The molecule has 0 fully saturated rings. The zero-order valence-electron chi connectivity index (χ0n) is 10.5. The van der Waals surface area contributed by atoms with Crippen LogP contribution in [0.15, 0.2) is 59.3 Å². The zero-order valence-corrected chi connectivity index (χ0v) is 11.3. The number of hydrogen-bond acceptors (Lipinski definition) is 4. The van der Waals surface area contributed by atoms with Crippen LogP contribution in [0.4, 0.5) is 0 Å². The minimum absolute atomic E-state index is 0.119. The predicted molar refractivity (Wildman–Crippen MR) is 75.0 cm³/mol. The van der Waals surface area contributed by atoms with E-state index in [9.17, 15) is 13.2 Å². The Morgan fingerprint density at radius 3 is 2.65 bits per heavy atom. The molecule has 1 aromatic carbocycles. The number of rotatable bonds is 1. The van der Waals surface area contributed by atoms with E-state index in [1.807, 2.05) is 0 Å². The molecule has 5 heteroatoms. The molecule has 0 unspecified atom stereocenters. The fourth-order valence-electron chi connectivity index (χ4n) is 2.22. The first-order valence-corrected chi connectivity index (χ1v) is 7.70. The molecule has 20 heavy (non-hydrogen) atoms. The average molecular weight is 285 g/mol. The Kier molecular flexibility index (Phi) is 2.99. The molecule has 0 atom stereocenters. The second-order valence-corrected chi connectivity index (χ2v) is 6.50. The summed E-state index contributed by atoms with van der Waals surface area (Å²) in [6.07, 6.45) is 4.80. The zero-order chi connectivity index (χ0) is 14.2. The minimum atomic E-state index is -3.45. The fraction of sp³-hybridized carbons (Fsp3) is 0.0667. The molecule has 0 saturated heterocycles. The lowest BCUT2D eigenvalue weighted by Gasteiger charge is -2.17. The Labute approximate surface area is 116 Å². The Morgan fingerprint density at radius 2 is 1.90 bits per heavy atom. The lowest BCUT2D eigenvalue weighted by molar-refractivity contribution is 0.103. The number of fused-ring (bicyclic) bond motifs is 1. The quantitative estimate of drug-likeness (QED) is 0.753. The van der Waals surface area contributed by atoms with Gasteiger partial charge in [0, 0.05) is 23.5 Å². The van der Waals surface area contributed by atoms with Crippen LogP contribution in [0.1, 0.15) is 15.9 Å². The van der Waals surface area contributed by atoms with Crippen molar-refractivity contribution in [1.29, 1.82) is 0 Å². The molecular formula is C15H11NO3S. The van der Waals surface area contributed by atoms with Crippen molar-refractivity contribution in [2.24, 2.45) is 0 Å². The summed E-state index contributed by atoms with van der Waals surface area (Å²) in [4.78, 5) is 16.4. The smallest absolute Gasteiger partial charge is 0.191 e. The van der Waals surface area contributed by atoms with Crippen LogP contribution in [0, 0.1) is 0 Å². The summed E-state index contributed by atoms with van der Waals surface area (Å²) in [6.45, 7) is 0. The summed E-state index contributed by atoms with van der Waals surface area (Å²) in [6, 6.07) is 9.83. The first kappa shape index (κ1) is 12.7. The van der Waals surface area contributed by atoms with Gasteiger partial charge in [0.2, 0.25) is 0 Å². The van der Waals surface area contributed by atoms with Crippen molar-refractivity contribution in [3.8, 4) is 0 Å². The van der Waals surface area contributed by atoms with Gasteiger partial charge in [0.05, 0.1) is 10.6 Å². The van der Waals surface area contributed by atoms with E-state index in [0.29, 0.717) is 5.56 Å². The summed E-state index contributed by atoms with van der Waals surface area (Å²) in [7, 11) is -3.45. The van der Waals surface area contributed by atoms with Crippen LogP contribution in [0.2, 0.25) is 0 Å². The first-order valence-electron chi connectivity index (χ1n) is 6.05. The van der Waals surface area contributed by atoms with E-state index in [2.05, 4.69) is 4.98 Å². The van der Waals surface area contributed by atoms with E-state index in [1.54, 1.807) is 48.8 Å². The second kappa shape index (κ2) is 4.68. The van der Waals surface area contributed by atoms with Crippen LogP contribution in [-0.4, -0.2) is 24.9 Å². The third-order valence-corrected chi connectivity index (χ3v) is 4.85. The molecule has 100 valence electrons. The number of Topliss-reactive ketones (excluding diaryl/α,β-unsaturated/α-hetero) is 1. The van der Waals surface area contributed by atoms with Crippen LogP contribution >= 0.6 is 0 Å². The molecule has 2 aromatic rings. The van der Waals surface area contributed by atoms with Gasteiger partial charge < -0.3 is 0 Å². The SMILES string of the molecule is O=C1/C(=C\c2cccnc2)CS(=O)(=O)c2ccccc21. The molecule has 1 aliphatic rings. The summed E-state index contributed by atoms with van der Waals surface area (Å²) in [5.41, 5.74) is 1.23. The number of aromatic nitrogens is 1. The van der Waals surface area contributed by atoms with Gasteiger partial charge in [-0.3, -0.25) is 9.78 Å². The molecule has 1 aliphatic heterocycles. The van der Waals surface area contributed by atoms with E-state index >= 15 is 0 Å². The molecule has 0 radical (unpaired) electrons. The molecule has 0 bridgehead atoms. The third kappa shape index (κ3) is 2.16. The maximum Gasteiger partial charge on any atom is 0.191 e. The molecular weight excluding hydrogens is 274 g/mol. The highest BCUT2D eigenvalue weighted by Gasteiger charge is 2.32. The lowest BCUT2D eigenvalue weighted by Crippen LogP contribution is -2.24. The number of ketones is 1. The highest BCUT2D eigenvalue weighted by atomic mass is 32.2. The van der Waals surface area contributed by atoms with Gasteiger partial charge in [-0.25, -0.2) is 8.42 Å². The normalized spacial score (nSPS) is 18.8. The van der Waals surface area contributed by atoms with E-state index in [0.717, 1.165) is 0 Å². The molecule has 0 saturated carbocycles. The number of carbonyl (C=O) groups is 1. The van der Waals surface area contributed by atoms with Gasteiger partial charge in [0.1, 0.15) is 0 Å². The van der Waals surface area contributed by atoms with Gasteiger partial charge in [-0.2, -0.15) is 0 Å². The summed E-state index contributed by atoms with van der Waals surface area (Å²) in [5, 5.41) is 0. The van der Waals surface area contributed by atoms with E-state index in [4.69, 9.17) is 0 Å². The standard InChI is InChI=1S/C15H11NO3S/c17-15-12(8-11-4-3-7-16-9-11)10-20(18,19)14-6-2-1-5-13(14)15/h1-9H,10H2/b12-8-. The van der Waals surface area contributed by atoms with Gasteiger partial charge in [-0.05, 0) is 29.8 Å². The van der Waals surface area contributed by atoms with Crippen molar-refractivity contribution in [1.82, 2.24) is 4.98 Å². The lowest BCUT2D eigenvalue weighted by atomic mass is 10.0. The van der Waals surface area contributed by atoms with Crippen molar-refractivity contribution < 1.29 is 13.2 Å². The average Bonchev–Trinajstić information content (AvgIpc) is 2.46. The van der Waals surface area contributed by atoms with Crippen LogP contribution in [-0.2, 0) is 9.84 Å². The molecule has 1 aromatic heterocycles. The number of pyridine rings is 1. The molecule has 0 spiro atoms. The molecule has 0 N–H and O–H groups in total. The topological polar surface area (TPSA) is 64.1 Å². The van der Waals surface area contributed by atoms with Crippen LogP contribution in [0.5, 0.6) is 0 Å².